The maximum atomic E-state index is 12.9. The van der Waals surface area contributed by atoms with Crippen LogP contribution in [0.4, 0.5) is 0 Å². The summed E-state index contributed by atoms with van der Waals surface area (Å²) in [7, 11) is -3.58. The Balaban J connectivity index is 1.46. The van der Waals surface area contributed by atoms with Crippen LogP contribution in [0, 0.1) is 17.2 Å². The van der Waals surface area contributed by atoms with E-state index < -0.39 is 10.0 Å². The van der Waals surface area contributed by atoms with Crippen LogP contribution in [0.25, 0.3) is 11.4 Å². The van der Waals surface area contributed by atoms with E-state index in [4.69, 9.17) is 9.78 Å². The van der Waals surface area contributed by atoms with Crippen LogP contribution in [0.5, 0.6) is 0 Å². The summed E-state index contributed by atoms with van der Waals surface area (Å²) in [6.07, 6.45) is 2.25. The zero-order valence-corrected chi connectivity index (χ0v) is 16.6. The second kappa shape index (κ2) is 7.83. The summed E-state index contributed by atoms with van der Waals surface area (Å²) >= 11 is 1.57. The van der Waals surface area contributed by atoms with Gasteiger partial charge in [0.15, 0.2) is 0 Å². The summed E-state index contributed by atoms with van der Waals surface area (Å²) in [5, 5.41) is 16.8. The predicted molar refractivity (Wildman–Crippen MR) is 104 cm³/mol. The van der Waals surface area contributed by atoms with Crippen molar-refractivity contribution < 1.29 is 12.9 Å². The molecule has 4 rings (SSSR count). The van der Waals surface area contributed by atoms with E-state index in [-0.39, 0.29) is 10.8 Å². The highest BCUT2D eigenvalue weighted by atomic mass is 32.2. The number of aromatic nitrogens is 2. The number of nitriles is 1. The molecule has 7 nitrogen and oxygen atoms in total. The number of rotatable bonds is 5. The lowest BCUT2D eigenvalue weighted by atomic mass is 9.96. The van der Waals surface area contributed by atoms with Gasteiger partial charge in [-0.3, -0.25) is 0 Å². The van der Waals surface area contributed by atoms with Gasteiger partial charge in [0, 0.05) is 30.5 Å². The summed E-state index contributed by atoms with van der Waals surface area (Å²) in [4.78, 5) is 4.65. The Kier molecular flexibility index (Phi) is 5.26. The van der Waals surface area contributed by atoms with E-state index in [2.05, 4.69) is 10.1 Å². The van der Waals surface area contributed by atoms with Crippen LogP contribution >= 0.6 is 11.3 Å². The van der Waals surface area contributed by atoms with Crippen molar-refractivity contribution in [2.24, 2.45) is 5.92 Å². The van der Waals surface area contributed by atoms with E-state index in [1.165, 1.54) is 28.6 Å². The van der Waals surface area contributed by atoms with E-state index in [0.29, 0.717) is 36.8 Å². The first kappa shape index (κ1) is 18.8. The standard InChI is InChI=1S/C19H18N4O3S2/c20-11-14-3-5-17(6-4-14)28(24,25)23-8-1-2-15(12-23)10-18-21-19(22-26-18)16-7-9-27-13-16/h3-7,9,13,15H,1-2,8,10,12H2. The molecule has 0 spiro atoms. The Labute approximate surface area is 167 Å². The van der Waals surface area contributed by atoms with Gasteiger partial charge in [-0.1, -0.05) is 5.16 Å². The van der Waals surface area contributed by atoms with E-state index in [9.17, 15) is 8.42 Å². The van der Waals surface area contributed by atoms with Gasteiger partial charge in [-0.2, -0.15) is 25.9 Å². The van der Waals surface area contributed by atoms with E-state index >= 15 is 0 Å². The molecule has 0 saturated carbocycles. The minimum Gasteiger partial charge on any atom is -0.339 e. The highest BCUT2D eigenvalue weighted by Crippen LogP contribution is 2.27. The molecule has 1 atom stereocenters. The molecule has 3 heterocycles. The lowest BCUT2D eigenvalue weighted by molar-refractivity contribution is 0.247. The van der Waals surface area contributed by atoms with Crippen molar-refractivity contribution >= 4 is 21.4 Å². The summed E-state index contributed by atoms with van der Waals surface area (Å²) in [6.45, 7) is 0.904. The fourth-order valence-electron chi connectivity index (χ4n) is 3.36. The highest BCUT2D eigenvalue weighted by molar-refractivity contribution is 7.89. The second-order valence-corrected chi connectivity index (χ2v) is 9.45. The van der Waals surface area contributed by atoms with Crippen LogP contribution in [0.2, 0.25) is 0 Å². The van der Waals surface area contributed by atoms with Crippen molar-refractivity contribution in [1.29, 1.82) is 5.26 Å². The quantitative estimate of drug-likeness (QED) is 0.635. The molecule has 0 bridgehead atoms. The van der Waals surface area contributed by atoms with Gasteiger partial charge in [0.25, 0.3) is 0 Å². The molecule has 2 aromatic heterocycles. The SMILES string of the molecule is N#Cc1ccc(S(=O)(=O)N2CCCC(Cc3nc(-c4ccsc4)no3)C2)cc1. The molecule has 3 aromatic rings. The lowest BCUT2D eigenvalue weighted by Crippen LogP contribution is -2.40. The molecule has 1 saturated heterocycles. The van der Waals surface area contributed by atoms with Crippen LogP contribution < -0.4 is 0 Å². The van der Waals surface area contributed by atoms with E-state index in [0.717, 1.165) is 18.4 Å². The first-order valence-electron chi connectivity index (χ1n) is 8.92. The summed E-state index contributed by atoms with van der Waals surface area (Å²) in [5.74, 6) is 1.22. The molecule has 1 aliphatic heterocycles. The topological polar surface area (TPSA) is 100 Å². The monoisotopic (exact) mass is 414 g/mol. The average Bonchev–Trinajstić information content (AvgIpc) is 3.40. The minimum atomic E-state index is -3.58. The number of piperidine rings is 1. The van der Waals surface area contributed by atoms with Crippen LogP contribution in [-0.2, 0) is 16.4 Å². The van der Waals surface area contributed by atoms with Crippen LogP contribution in [-0.4, -0.2) is 36.0 Å². The molecule has 0 radical (unpaired) electrons. The van der Waals surface area contributed by atoms with Crippen molar-refractivity contribution in [2.75, 3.05) is 13.1 Å². The maximum Gasteiger partial charge on any atom is 0.243 e. The van der Waals surface area contributed by atoms with Gasteiger partial charge in [0.2, 0.25) is 21.7 Å². The first-order valence-corrected chi connectivity index (χ1v) is 11.3. The fraction of sp³-hybridized carbons (Fsp3) is 0.316. The van der Waals surface area contributed by atoms with Gasteiger partial charge in [-0.15, -0.1) is 0 Å². The third kappa shape index (κ3) is 3.85. The molecule has 1 aromatic carbocycles. The van der Waals surface area contributed by atoms with Crippen LogP contribution in [0.1, 0.15) is 24.3 Å². The average molecular weight is 415 g/mol. The number of hydrogen-bond acceptors (Lipinski definition) is 7. The smallest absolute Gasteiger partial charge is 0.243 e. The normalized spacial score (nSPS) is 18.0. The van der Waals surface area contributed by atoms with Crippen molar-refractivity contribution in [3.63, 3.8) is 0 Å². The number of benzene rings is 1. The Morgan fingerprint density at radius 3 is 2.82 bits per heavy atom. The predicted octanol–water partition coefficient (Wildman–Crippen LogP) is 3.31. The molecule has 9 heteroatoms. The van der Waals surface area contributed by atoms with E-state index in [1.807, 2.05) is 22.9 Å². The first-order chi connectivity index (χ1) is 13.6. The van der Waals surface area contributed by atoms with Crippen molar-refractivity contribution in [1.82, 2.24) is 14.4 Å². The number of nitrogens with zero attached hydrogens (tertiary/aromatic N) is 4. The van der Waals surface area contributed by atoms with Crippen molar-refractivity contribution in [3.8, 4) is 17.5 Å². The van der Waals surface area contributed by atoms with Crippen LogP contribution in [0.3, 0.4) is 0 Å². The Morgan fingerprint density at radius 2 is 2.11 bits per heavy atom. The third-order valence-electron chi connectivity index (χ3n) is 4.81. The van der Waals surface area contributed by atoms with Gasteiger partial charge in [0.05, 0.1) is 16.5 Å². The molecule has 28 heavy (non-hydrogen) atoms. The number of sulfonamides is 1. The van der Waals surface area contributed by atoms with E-state index in [1.54, 1.807) is 11.3 Å². The lowest BCUT2D eigenvalue weighted by Gasteiger charge is -2.31. The molecule has 144 valence electrons. The Hall–Kier alpha value is -2.54. The highest BCUT2D eigenvalue weighted by Gasteiger charge is 2.31. The zero-order valence-electron chi connectivity index (χ0n) is 15.0. The molecule has 1 aliphatic rings. The molecule has 0 aliphatic carbocycles. The molecular formula is C19H18N4O3S2. The Bertz CT molecular complexity index is 1080. The van der Waals surface area contributed by atoms with Crippen LogP contribution in [0.15, 0.2) is 50.5 Å². The summed E-state index contributed by atoms with van der Waals surface area (Å²) in [6, 6.07) is 9.97. The van der Waals surface area contributed by atoms with Gasteiger partial charge >= 0.3 is 0 Å². The molecule has 1 fully saturated rings. The minimum absolute atomic E-state index is 0.123. The summed E-state index contributed by atoms with van der Waals surface area (Å²) < 4.78 is 32.8. The van der Waals surface area contributed by atoms with Gasteiger partial charge < -0.3 is 4.52 Å². The molecule has 1 unspecified atom stereocenters. The molecular weight excluding hydrogens is 396 g/mol. The molecule has 0 amide bonds. The van der Waals surface area contributed by atoms with Crippen molar-refractivity contribution in [3.05, 3.63) is 52.5 Å². The number of hydrogen-bond donors (Lipinski definition) is 0. The fourth-order valence-corrected chi connectivity index (χ4v) is 5.55. The summed E-state index contributed by atoms with van der Waals surface area (Å²) in [5.41, 5.74) is 1.36. The van der Waals surface area contributed by atoms with Gasteiger partial charge in [-0.05, 0) is 54.5 Å². The molecule has 0 N–H and O–H groups in total. The second-order valence-electron chi connectivity index (χ2n) is 6.74. The number of thiophene rings is 1. The maximum absolute atomic E-state index is 12.9. The zero-order chi connectivity index (χ0) is 19.6. The Morgan fingerprint density at radius 1 is 1.29 bits per heavy atom. The van der Waals surface area contributed by atoms with Crippen molar-refractivity contribution in [2.45, 2.75) is 24.2 Å². The third-order valence-corrected chi connectivity index (χ3v) is 7.38. The largest absolute Gasteiger partial charge is 0.339 e. The van der Waals surface area contributed by atoms with Gasteiger partial charge in [0.1, 0.15) is 0 Å². The van der Waals surface area contributed by atoms with Gasteiger partial charge in [-0.25, -0.2) is 8.42 Å².